The van der Waals surface area contributed by atoms with E-state index in [0.29, 0.717) is 12.8 Å². The second-order valence-electron chi connectivity index (χ2n) is 4.36. The Kier molecular flexibility index (Phi) is 1.69. The minimum atomic E-state index is -0.601. The van der Waals surface area contributed by atoms with E-state index in [9.17, 15) is 10.1 Å². The molecule has 0 bridgehead atoms. The fraction of sp³-hybridized carbons (Fsp3) is 0.231. The van der Waals surface area contributed by atoms with Crippen LogP contribution in [0.2, 0.25) is 0 Å². The average Bonchev–Trinajstić information content (AvgIpc) is 2.68. The summed E-state index contributed by atoms with van der Waals surface area (Å²) in [6.07, 6.45) is 0.687. The number of aromatic nitrogens is 1. The Morgan fingerprint density at radius 2 is 2.06 bits per heavy atom. The van der Waals surface area contributed by atoms with Gasteiger partial charge in [-0.2, -0.15) is 5.26 Å². The number of carbonyl (C=O) groups excluding carboxylic acids is 1. The summed E-state index contributed by atoms with van der Waals surface area (Å²) in [5.41, 5.74) is 1.29. The van der Waals surface area contributed by atoms with Crippen molar-refractivity contribution in [3.63, 3.8) is 0 Å². The van der Waals surface area contributed by atoms with Crippen LogP contribution in [0.4, 0.5) is 0 Å². The Labute approximate surface area is 92.7 Å². The van der Waals surface area contributed by atoms with Crippen LogP contribution in [0.5, 0.6) is 0 Å². The van der Waals surface area contributed by atoms with Crippen LogP contribution in [0.25, 0.3) is 10.9 Å². The molecule has 1 aliphatic rings. The van der Waals surface area contributed by atoms with Crippen LogP contribution in [0.1, 0.15) is 18.5 Å². The summed E-state index contributed by atoms with van der Waals surface area (Å²) in [5, 5.41) is 10.3. The van der Waals surface area contributed by atoms with Gasteiger partial charge in [-0.15, -0.1) is 0 Å². The van der Waals surface area contributed by atoms with E-state index in [-0.39, 0.29) is 5.78 Å². The summed E-state index contributed by atoms with van der Waals surface area (Å²) in [7, 11) is 0. The summed E-state index contributed by atoms with van der Waals surface area (Å²) >= 11 is 0. The maximum absolute atomic E-state index is 11.1. The molecular weight excluding hydrogens is 200 g/mol. The first-order valence-electron chi connectivity index (χ1n) is 5.25. The van der Waals surface area contributed by atoms with E-state index in [1.165, 1.54) is 0 Å². The molecule has 1 N–H and O–H groups in total. The number of rotatable bonds is 1. The van der Waals surface area contributed by atoms with E-state index >= 15 is 0 Å². The molecule has 78 valence electrons. The van der Waals surface area contributed by atoms with E-state index in [1.807, 2.05) is 30.3 Å². The zero-order valence-electron chi connectivity index (χ0n) is 8.66. The lowest BCUT2D eigenvalue weighted by molar-refractivity contribution is -0.126. The second kappa shape index (κ2) is 2.96. The van der Waals surface area contributed by atoms with E-state index in [1.54, 1.807) is 0 Å². The maximum atomic E-state index is 11.1. The molecule has 1 heterocycles. The van der Waals surface area contributed by atoms with Gasteiger partial charge in [0.25, 0.3) is 0 Å². The molecule has 0 atom stereocenters. The third-order valence-electron chi connectivity index (χ3n) is 3.26. The highest BCUT2D eigenvalue weighted by molar-refractivity contribution is 5.91. The van der Waals surface area contributed by atoms with Crippen molar-refractivity contribution in [2.75, 3.05) is 0 Å². The molecule has 3 nitrogen and oxygen atoms in total. The van der Waals surface area contributed by atoms with Gasteiger partial charge in [-0.05, 0) is 17.5 Å². The highest BCUT2D eigenvalue weighted by atomic mass is 16.1. The number of carbonyl (C=O) groups is 1. The fourth-order valence-corrected chi connectivity index (χ4v) is 2.28. The fourth-order valence-electron chi connectivity index (χ4n) is 2.28. The number of H-pyrrole nitrogens is 1. The van der Waals surface area contributed by atoms with Crippen LogP contribution in [-0.4, -0.2) is 10.8 Å². The summed E-state index contributed by atoms with van der Waals surface area (Å²) in [5.74, 6) is 0.167. The lowest BCUT2D eigenvalue weighted by atomic mass is 9.67. The number of para-hydroxylation sites is 1. The molecular formula is C13H10N2O. The van der Waals surface area contributed by atoms with Crippen molar-refractivity contribution in [2.24, 2.45) is 0 Å². The molecule has 1 aromatic carbocycles. The molecule has 1 saturated carbocycles. The Bertz CT molecular complexity index is 577. The standard InChI is InChI=1S/C13H10N2O/c14-8-13(6-10(16)7-13)12-5-9-3-1-2-4-11(9)15-12/h1-5,15H,6-7H2. The molecule has 0 radical (unpaired) electrons. The molecule has 1 aliphatic carbocycles. The zero-order valence-corrected chi connectivity index (χ0v) is 8.66. The van der Waals surface area contributed by atoms with Gasteiger partial charge in [0.15, 0.2) is 0 Å². The average molecular weight is 210 g/mol. The number of benzene rings is 1. The molecule has 1 aromatic heterocycles. The number of hydrogen-bond donors (Lipinski definition) is 1. The summed E-state index contributed by atoms with van der Waals surface area (Å²) in [4.78, 5) is 14.3. The van der Waals surface area contributed by atoms with Crippen molar-refractivity contribution in [1.29, 1.82) is 5.26 Å². The van der Waals surface area contributed by atoms with Gasteiger partial charge in [-0.1, -0.05) is 18.2 Å². The lowest BCUT2D eigenvalue weighted by Crippen LogP contribution is -2.40. The minimum Gasteiger partial charge on any atom is -0.357 e. The van der Waals surface area contributed by atoms with Gasteiger partial charge in [-0.25, -0.2) is 0 Å². The Hall–Kier alpha value is -2.08. The summed E-state index contributed by atoms with van der Waals surface area (Å²) < 4.78 is 0. The van der Waals surface area contributed by atoms with Crippen molar-refractivity contribution in [1.82, 2.24) is 4.98 Å². The third-order valence-corrected chi connectivity index (χ3v) is 3.26. The Morgan fingerprint density at radius 1 is 1.31 bits per heavy atom. The van der Waals surface area contributed by atoms with Crippen molar-refractivity contribution < 1.29 is 4.79 Å². The predicted molar refractivity (Wildman–Crippen MR) is 59.8 cm³/mol. The number of Topliss-reactive ketones (excluding diaryl/α,β-unsaturated/α-hetero) is 1. The van der Waals surface area contributed by atoms with Crippen molar-refractivity contribution in [3.05, 3.63) is 36.0 Å². The molecule has 0 aliphatic heterocycles. The van der Waals surface area contributed by atoms with Gasteiger partial charge >= 0.3 is 0 Å². The van der Waals surface area contributed by atoms with Gasteiger partial charge in [-0.3, -0.25) is 4.79 Å². The van der Waals surface area contributed by atoms with Gasteiger partial charge in [0.1, 0.15) is 11.2 Å². The minimum absolute atomic E-state index is 0.167. The molecule has 0 amide bonds. The smallest absolute Gasteiger partial charge is 0.136 e. The van der Waals surface area contributed by atoms with Gasteiger partial charge in [0.05, 0.1) is 6.07 Å². The largest absolute Gasteiger partial charge is 0.357 e. The first-order chi connectivity index (χ1) is 7.73. The highest BCUT2D eigenvalue weighted by Gasteiger charge is 2.46. The van der Waals surface area contributed by atoms with Crippen LogP contribution < -0.4 is 0 Å². The van der Waals surface area contributed by atoms with E-state index in [0.717, 1.165) is 16.6 Å². The molecule has 3 heteroatoms. The van der Waals surface area contributed by atoms with E-state index < -0.39 is 5.41 Å². The number of nitrogens with one attached hydrogen (secondary N) is 1. The normalized spacial score (nSPS) is 18.1. The second-order valence-corrected chi connectivity index (χ2v) is 4.36. The van der Waals surface area contributed by atoms with E-state index in [2.05, 4.69) is 11.1 Å². The predicted octanol–water partition coefficient (Wildman–Crippen LogP) is 2.29. The number of aromatic amines is 1. The van der Waals surface area contributed by atoms with E-state index in [4.69, 9.17) is 0 Å². The Morgan fingerprint density at radius 3 is 2.69 bits per heavy atom. The van der Waals surface area contributed by atoms with Crippen LogP contribution in [0.15, 0.2) is 30.3 Å². The topological polar surface area (TPSA) is 56.6 Å². The first-order valence-corrected chi connectivity index (χ1v) is 5.25. The van der Waals surface area contributed by atoms with Gasteiger partial charge in [0.2, 0.25) is 0 Å². The molecule has 0 spiro atoms. The number of nitrogens with zero attached hydrogens (tertiary/aromatic N) is 1. The number of hydrogen-bond acceptors (Lipinski definition) is 2. The van der Waals surface area contributed by atoms with Crippen molar-refractivity contribution in [2.45, 2.75) is 18.3 Å². The third kappa shape index (κ3) is 1.10. The zero-order chi connectivity index (χ0) is 11.2. The molecule has 2 aromatic rings. The van der Waals surface area contributed by atoms with Crippen LogP contribution in [0, 0.1) is 11.3 Å². The summed E-state index contributed by atoms with van der Waals surface area (Å²) in [6, 6.07) is 12.1. The molecule has 0 unspecified atom stereocenters. The molecule has 1 fully saturated rings. The van der Waals surface area contributed by atoms with Crippen LogP contribution in [0.3, 0.4) is 0 Å². The molecule has 0 saturated heterocycles. The lowest BCUT2D eigenvalue weighted by Gasteiger charge is -2.32. The monoisotopic (exact) mass is 210 g/mol. The van der Waals surface area contributed by atoms with Crippen molar-refractivity contribution >= 4 is 16.7 Å². The number of ketones is 1. The molecule has 3 rings (SSSR count). The van der Waals surface area contributed by atoms with Crippen LogP contribution >= 0.6 is 0 Å². The quantitative estimate of drug-likeness (QED) is 0.785. The first kappa shape index (κ1) is 9.17. The summed E-state index contributed by atoms with van der Waals surface area (Å²) in [6.45, 7) is 0. The SMILES string of the molecule is N#CC1(c2cc3ccccc3[nH]2)CC(=O)C1. The highest BCUT2D eigenvalue weighted by Crippen LogP contribution is 2.41. The molecule has 16 heavy (non-hydrogen) atoms. The van der Waals surface area contributed by atoms with Gasteiger partial charge in [0, 0.05) is 24.1 Å². The Balaban J connectivity index is 2.13. The number of fused-ring (bicyclic) bond motifs is 1. The van der Waals surface area contributed by atoms with Crippen molar-refractivity contribution in [3.8, 4) is 6.07 Å². The van der Waals surface area contributed by atoms with Gasteiger partial charge < -0.3 is 4.98 Å². The number of nitriles is 1. The maximum Gasteiger partial charge on any atom is 0.136 e. The van der Waals surface area contributed by atoms with Crippen LogP contribution in [-0.2, 0) is 10.2 Å².